The van der Waals surface area contributed by atoms with Gasteiger partial charge in [0.05, 0.1) is 5.69 Å². The first-order valence-electron chi connectivity index (χ1n) is 7.06. The monoisotopic (exact) mass is 295 g/mol. The summed E-state index contributed by atoms with van der Waals surface area (Å²) in [6.45, 7) is 4.96. The quantitative estimate of drug-likeness (QED) is 0.831. The molecule has 116 valence electrons. The van der Waals surface area contributed by atoms with Crippen LogP contribution in [0, 0.1) is 13.8 Å². The number of ether oxygens (including phenoxy) is 1. The molecular weight excluding hydrogens is 274 g/mol. The van der Waals surface area contributed by atoms with E-state index >= 15 is 0 Å². The van der Waals surface area contributed by atoms with Crippen LogP contribution in [0.1, 0.15) is 30.7 Å². The highest BCUT2D eigenvalue weighted by atomic mass is 16.5. The first-order chi connectivity index (χ1) is 9.93. The van der Waals surface area contributed by atoms with Crippen LogP contribution in [-0.2, 0) is 20.9 Å². The number of aliphatic carboxylic acids is 1. The minimum atomic E-state index is -1.19. The Morgan fingerprint density at radius 1 is 1.43 bits per heavy atom. The number of aromatic nitrogens is 2. The van der Waals surface area contributed by atoms with Crippen LogP contribution in [0.2, 0.25) is 0 Å². The number of rotatable bonds is 5. The molecular formula is C14H21N3O4. The summed E-state index contributed by atoms with van der Waals surface area (Å²) < 4.78 is 6.93. The van der Waals surface area contributed by atoms with Crippen LogP contribution in [0.15, 0.2) is 6.07 Å². The lowest BCUT2D eigenvalue weighted by molar-refractivity contribution is -0.152. The molecule has 1 fully saturated rings. The topological polar surface area (TPSA) is 93.5 Å². The van der Waals surface area contributed by atoms with Crippen molar-refractivity contribution < 1.29 is 19.4 Å². The van der Waals surface area contributed by atoms with E-state index in [1.165, 1.54) is 0 Å². The van der Waals surface area contributed by atoms with Gasteiger partial charge in [0.1, 0.15) is 5.54 Å². The molecule has 0 aromatic carbocycles. The van der Waals surface area contributed by atoms with Crippen LogP contribution < -0.4 is 5.32 Å². The van der Waals surface area contributed by atoms with Gasteiger partial charge in [-0.3, -0.25) is 9.48 Å². The number of carboxylic acids is 1. The molecule has 1 saturated heterocycles. The molecule has 1 amide bonds. The molecule has 0 aliphatic carbocycles. The predicted octanol–water partition coefficient (Wildman–Crippen LogP) is 0.640. The largest absolute Gasteiger partial charge is 0.480 e. The van der Waals surface area contributed by atoms with Gasteiger partial charge >= 0.3 is 5.97 Å². The molecule has 2 N–H and O–H groups in total. The Kier molecular flexibility index (Phi) is 4.62. The van der Waals surface area contributed by atoms with E-state index in [-0.39, 0.29) is 12.3 Å². The molecule has 1 aromatic heterocycles. The average molecular weight is 295 g/mol. The third-order valence-electron chi connectivity index (χ3n) is 3.79. The van der Waals surface area contributed by atoms with E-state index in [4.69, 9.17) is 4.74 Å². The Hall–Kier alpha value is -1.89. The molecule has 21 heavy (non-hydrogen) atoms. The fraction of sp³-hybridized carbons (Fsp3) is 0.643. The Morgan fingerprint density at radius 3 is 2.62 bits per heavy atom. The number of aryl methyl sites for hydroxylation is 3. The Labute approximate surface area is 123 Å². The van der Waals surface area contributed by atoms with Crippen molar-refractivity contribution in [2.24, 2.45) is 0 Å². The van der Waals surface area contributed by atoms with E-state index in [1.54, 1.807) is 4.68 Å². The van der Waals surface area contributed by atoms with Crippen LogP contribution in [0.4, 0.5) is 0 Å². The zero-order chi connectivity index (χ0) is 15.5. The molecule has 1 aliphatic rings. The van der Waals surface area contributed by atoms with Crippen molar-refractivity contribution in [2.75, 3.05) is 13.2 Å². The summed E-state index contributed by atoms with van der Waals surface area (Å²) in [5.41, 5.74) is 0.698. The number of hydrogen-bond acceptors (Lipinski definition) is 4. The van der Waals surface area contributed by atoms with Gasteiger partial charge in [-0.25, -0.2) is 4.79 Å². The van der Waals surface area contributed by atoms with Crippen molar-refractivity contribution in [1.29, 1.82) is 0 Å². The van der Waals surface area contributed by atoms with Gasteiger partial charge in [-0.2, -0.15) is 5.10 Å². The van der Waals surface area contributed by atoms with E-state index in [0.717, 1.165) is 11.4 Å². The number of amides is 1. The summed E-state index contributed by atoms with van der Waals surface area (Å²) in [5.74, 6) is -1.27. The maximum atomic E-state index is 12.1. The second-order valence-electron chi connectivity index (χ2n) is 5.45. The first kappa shape index (κ1) is 15.5. The van der Waals surface area contributed by atoms with Crippen LogP contribution in [-0.4, -0.2) is 45.5 Å². The van der Waals surface area contributed by atoms with Gasteiger partial charge in [0.15, 0.2) is 0 Å². The summed E-state index contributed by atoms with van der Waals surface area (Å²) in [6.07, 6.45) is 0.805. The van der Waals surface area contributed by atoms with Crippen molar-refractivity contribution in [1.82, 2.24) is 15.1 Å². The third-order valence-corrected chi connectivity index (χ3v) is 3.79. The predicted molar refractivity (Wildman–Crippen MR) is 74.9 cm³/mol. The standard InChI is InChI=1S/C14H21N3O4/c1-10-9-11(2)17(16-10)6-3-12(18)15-14(13(19)20)4-7-21-8-5-14/h9H,3-8H2,1-2H3,(H,15,18)(H,19,20). The van der Waals surface area contributed by atoms with Crippen molar-refractivity contribution >= 4 is 11.9 Å². The lowest BCUT2D eigenvalue weighted by Crippen LogP contribution is -2.57. The summed E-state index contributed by atoms with van der Waals surface area (Å²) in [5, 5.41) is 16.3. The molecule has 2 heterocycles. The number of nitrogens with one attached hydrogen (secondary N) is 1. The molecule has 7 heteroatoms. The minimum Gasteiger partial charge on any atom is -0.480 e. The van der Waals surface area contributed by atoms with Crippen LogP contribution in [0.5, 0.6) is 0 Å². The number of carbonyl (C=O) groups excluding carboxylic acids is 1. The average Bonchev–Trinajstić information content (AvgIpc) is 2.75. The summed E-state index contributed by atoms with van der Waals surface area (Å²) in [4.78, 5) is 23.5. The molecule has 0 saturated carbocycles. The molecule has 0 radical (unpaired) electrons. The number of carbonyl (C=O) groups is 2. The van der Waals surface area contributed by atoms with Gasteiger partial charge in [-0.05, 0) is 19.9 Å². The smallest absolute Gasteiger partial charge is 0.329 e. The normalized spacial score (nSPS) is 17.4. The fourth-order valence-electron chi connectivity index (χ4n) is 2.55. The first-order valence-corrected chi connectivity index (χ1v) is 7.06. The van der Waals surface area contributed by atoms with E-state index in [9.17, 15) is 14.7 Å². The second kappa shape index (κ2) is 6.26. The second-order valence-corrected chi connectivity index (χ2v) is 5.45. The Balaban J connectivity index is 1.94. The van der Waals surface area contributed by atoms with E-state index in [1.807, 2.05) is 19.9 Å². The van der Waals surface area contributed by atoms with Crippen LogP contribution in [0.25, 0.3) is 0 Å². The summed E-state index contributed by atoms with van der Waals surface area (Å²) in [6, 6.07) is 1.94. The highest BCUT2D eigenvalue weighted by Crippen LogP contribution is 2.21. The maximum absolute atomic E-state index is 12.1. The van der Waals surface area contributed by atoms with Crippen molar-refractivity contribution in [2.45, 2.75) is 45.2 Å². The third kappa shape index (κ3) is 3.60. The van der Waals surface area contributed by atoms with Gasteiger partial charge in [0, 0.05) is 44.7 Å². The fourth-order valence-corrected chi connectivity index (χ4v) is 2.55. The lowest BCUT2D eigenvalue weighted by Gasteiger charge is -2.33. The SMILES string of the molecule is Cc1cc(C)n(CCC(=O)NC2(C(=O)O)CCOCC2)n1. The van der Waals surface area contributed by atoms with E-state index in [2.05, 4.69) is 10.4 Å². The molecule has 1 aromatic rings. The number of hydrogen-bond donors (Lipinski definition) is 2. The molecule has 0 atom stereocenters. The minimum absolute atomic E-state index is 0.206. The maximum Gasteiger partial charge on any atom is 0.329 e. The van der Waals surface area contributed by atoms with Gasteiger partial charge in [-0.15, -0.1) is 0 Å². The highest BCUT2D eigenvalue weighted by molar-refractivity contribution is 5.87. The molecule has 0 spiro atoms. The Bertz CT molecular complexity index is 532. The molecule has 2 rings (SSSR count). The van der Waals surface area contributed by atoms with E-state index < -0.39 is 11.5 Å². The molecule has 0 bridgehead atoms. The number of nitrogens with zero attached hydrogens (tertiary/aromatic N) is 2. The molecule has 0 unspecified atom stereocenters. The zero-order valence-electron chi connectivity index (χ0n) is 12.4. The number of carboxylic acid groups (broad SMARTS) is 1. The van der Waals surface area contributed by atoms with Crippen molar-refractivity contribution in [3.63, 3.8) is 0 Å². The van der Waals surface area contributed by atoms with Gasteiger partial charge in [0.2, 0.25) is 5.91 Å². The highest BCUT2D eigenvalue weighted by Gasteiger charge is 2.41. The zero-order valence-corrected chi connectivity index (χ0v) is 12.4. The Morgan fingerprint density at radius 2 is 2.10 bits per heavy atom. The lowest BCUT2D eigenvalue weighted by atomic mass is 9.90. The van der Waals surface area contributed by atoms with Crippen LogP contribution >= 0.6 is 0 Å². The van der Waals surface area contributed by atoms with Gasteiger partial charge in [0.25, 0.3) is 0 Å². The molecule has 1 aliphatic heterocycles. The summed E-state index contributed by atoms with van der Waals surface area (Å²) in [7, 11) is 0. The van der Waals surface area contributed by atoms with Crippen molar-refractivity contribution in [3.05, 3.63) is 17.5 Å². The van der Waals surface area contributed by atoms with Gasteiger partial charge in [-0.1, -0.05) is 0 Å². The molecule has 7 nitrogen and oxygen atoms in total. The van der Waals surface area contributed by atoms with E-state index in [0.29, 0.717) is 32.6 Å². The van der Waals surface area contributed by atoms with Gasteiger partial charge < -0.3 is 15.2 Å². The van der Waals surface area contributed by atoms with Crippen molar-refractivity contribution in [3.8, 4) is 0 Å². The van der Waals surface area contributed by atoms with Crippen LogP contribution in [0.3, 0.4) is 0 Å². The summed E-state index contributed by atoms with van der Waals surface area (Å²) >= 11 is 0.